The van der Waals surface area contributed by atoms with Crippen molar-refractivity contribution >= 4 is 10.8 Å². The van der Waals surface area contributed by atoms with Crippen LogP contribution in [0.5, 0.6) is 0 Å². The molecule has 0 aromatic carbocycles. The summed E-state index contributed by atoms with van der Waals surface area (Å²) in [5, 5.41) is 0. The first-order chi connectivity index (χ1) is 5.16. The molecule has 0 amide bonds. The first-order valence-electron chi connectivity index (χ1n) is 3.29. The van der Waals surface area contributed by atoms with Gasteiger partial charge in [-0.1, -0.05) is 0 Å². The van der Waals surface area contributed by atoms with Crippen molar-refractivity contribution in [1.82, 2.24) is 0 Å². The van der Waals surface area contributed by atoms with Crippen LogP contribution in [0.4, 0.5) is 0 Å². The van der Waals surface area contributed by atoms with E-state index >= 15 is 0 Å². The number of ether oxygens (including phenoxy) is 2. The van der Waals surface area contributed by atoms with Crippen molar-refractivity contribution in [2.75, 3.05) is 32.5 Å². The second-order valence-corrected chi connectivity index (χ2v) is 3.76. The highest BCUT2D eigenvalue weighted by molar-refractivity contribution is 7.84. The van der Waals surface area contributed by atoms with Gasteiger partial charge in [0.15, 0.2) is 0 Å². The molecular weight excluding hydrogens is 166 g/mol. The first-order valence-corrected chi connectivity index (χ1v) is 5.01. The molecule has 11 heavy (non-hydrogen) atoms. The van der Waals surface area contributed by atoms with Crippen molar-refractivity contribution in [3.63, 3.8) is 0 Å². The van der Waals surface area contributed by atoms with Crippen LogP contribution in [0.25, 0.3) is 0 Å². The number of hydrogen-bond acceptors (Lipinski definition) is 4. The van der Waals surface area contributed by atoms with Gasteiger partial charge in [-0.3, -0.25) is 4.21 Å². The summed E-state index contributed by atoms with van der Waals surface area (Å²) in [6, 6.07) is -0.156. The third kappa shape index (κ3) is 7.93. The topological polar surface area (TPSA) is 61.6 Å². The van der Waals surface area contributed by atoms with Gasteiger partial charge in [-0.25, -0.2) is 0 Å². The molecule has 0 heterocycles. The predicted molar refractivity (Wildman–Crippen MR) is 44.7 cm³/mol. The van der Waals surface area contributed by atoms with E-state index in [-0.39, 0.29) is 12.8 Å². The minimum atomic E-state index is -0.847. The summed E-state index contributed by atoms with van der Waals surface area (Å²) in [7, 11) is 0.698. The highest BCUT2D eigenvalue weighted by Crippen LogP contribution is 1.85. The van der Waals surface area contributed by atoms with Gasteiger partial charge < -0.3 is 15.2 Å². The van der Waals surface area contributed by atoms with Crippen molar-refractivity contribution in [3.8, 4) is 0 Å². The summed E-state index contributed by atoms with van der Waals surface area (Å²) in [5.74, 6) is 0.476. The molecule has 0 spiro atoms. The van der Waals surface area contributed by atoms with Gasteiger partial charge >= 0.3 is 0 Å². The summed E-state index contributed by atoms with van der Waals surface area (Å²) in [6.07, 6.45) is 1.62. The van der Waals surface area contributed by atoms with Crippen molar-refractivity contribution in [3.05, 3.63) is 0 Å². The van der Waals surface area contributed by atoms with Crippen LogP contribution in [-0.2, 0) is 20.3 Å². The first kappa shape index (κ1) is 11.0. The minimum Gasteiger partial charge on any atom is -0.359 e. The lowest BCUT2D eigenvalue weighted by molar-refractivity contribution is -0.0334. The molecule has 0 fully saturated rings. The number of hydrogen-bond donors (Lipinski definition) is 1. The van der Waals surface area contributed by atoms with E-state index in [1.54, 1.807) is 13.4 Å². The summed E-state index contributed by atoms with van der Waals surface area (Å²) < 4.78 is 20.2. The zero-order valence-corrected chi connectivity index (χ0v) is 7.73. The second kappa shape index (κ2) is 6.72. The molecule has 68 valence electrons. The summed E-state index contributed by atoms with van der Waals surface area (Å²) in [6.45, 7) is 0.636. The van der Waals surface area contributed by atoms with Gasteiger partial charge in [0, 0.05) is 36.0 Å². The summed E-state index contributed by atoms with van der Waals surface area (Å²) >= 11 is 0. The third-order valence-corrected chi connectivity index (χ3v) is 1.88. The molecular formula is C6H15NO3S. The van der Waals surface area contributed by atoms with Crippen LogP contribution in [0.15, 0.2) is 0 Å². The average Bonchev–Trinajstić information content (AvgIpc) is 1.86. The maximum Gasteiger partial charge on any atom is 0.146 e. The van der Waals surface area contributed by atoms with E-state index in [2.05, 4.69) is 4.74 Å². The van der Waals surface area contributed by atoms with Gasteiger partial charge in [0.25, 0.3) is 0 Å². The van der Waals surface area contributed by atoms with Gasteiger partial charge in [0.05, 0.1) is 6.61 Å². The second-order valence-electron chi connectivity index (χ2n) is 2.28. The molecule has 0 radical (unpaired) electrons. The highest BCUT2D eigenvalue weighted by atomic mass is 32.2. The molecule has 2 N–H and O–H groups in total. The zero-order valence-electron chi connectivity index (χ0n) is 6.91. The maximum atomic E-state index is 10.6. The number of methoxy groups -OCH3 is 1. The molecule has 0 aliphatic carbocycles. The molecule has 0 aromatic rings. The molecule has 0 saturated carbocycles. The standard InChI is InChI=1S/C6H15NO3S/c1-9-5-10-3-6(7)4-11(2)8/h6H,3-5,7H2,1-2H3. The van der Waals surface area contributed by atoms with E-state index in [1.807, 2.05) is 0 Å². The molecule has 2 unspecified atom stereocenters. The molecule has 0 rings (SSSR count). The van der Waals surface area contributed by atoms with Crippen LogP contribution in [0.2, 0.25) is 0 Å². The van der Waals surface area contributed by atoms with Crippen molar-refractivity contribution < 1.29 is 13.7 Å². The maximum absolute atomic E-state index is 10.6. The normalized spacial score (nSPS) is 16.3. The number of nitrogens with two attached hydrogens (primary N) is 1. The fraction of sp³-hybridized carbons (Fsp3) is 1.00. The lowest BCUT2D eigenvalue weighted by atomic mass is 10.4. The van der Waals surface area contributed by atoms with E-state index in [0.717, 1.165) is 0 Å². The Morgan fingerprint density at radius 2 is 2.27 bits per heavy atom. The van der Waals surface area contributed by atoms with Crippen LogP contribution in [0.1, 0.15) is 0 Å². The van der Waals surface area contributed by atoms with E-state index in [4.69, 9.17) is 10.5 Å². The smallest absolute Gasteiger partial charge is 0.146 e. The SMILES string of the molecule is COCOCC(N)CS(C)=O. The lowest BCUT2D eigenvalue weighted by Gasteiger charge is -2.09. The number of rotatable bonds is 6. The molecule has 0 aromatic heterocycles. The van der Waals surface area contributed by atoms with Crippen LogP contribution in [0, 0.1) is 0 Å². The van der Waals surface area contributed by atoms with E-state index in [1.165, 1.54) is 0 Å². The fourth-order valence-electron chi connectivity index (χ4n) is 0.632. The quantitative estimate of drug-likeness (QED) is 0.435. The van der Waals surface area contributed by atoms with Gasteiger partial charge in [-0.05, 0) is 0 Å². The Balaban J connectivity index is 3.22. The Morgan fingerprint density at radius 3 is 2.73 bits per heavy atom. The summed E-state index contributed by atoms with van der Waals surface area (Å²) in [4.78, 5) is 0. The van der Waals surface area contributed by atoms with Crippen molar-refractivity contribution in [2.24, 2.45) is 5.73 Å². The molecule has 0 saturated heterocycles. The molecule has 0 aliphatic rings. The Hall–Kier alpha value is 0.0300. The monoisotopic (exact) mass is 181 g/mol. The molecule has 0 bridgehead atoms. The Bertz CT molecular complexity index is 120. The average molecular weight is 181 g/mol. The minimum absolute atomic E-state index is 0.156. The van der Waals surface area contributed by atoms with Crippen LogP contribution < -0.4 is 5.73 Å². The van der Waals surface area contributed by atoms with Gasteiger partial charge in [0.1, 0.15) is 6.79 Å². The fourth-order valence-corrected chi connectivity index (χ4v) is 1.33. The highest BCUT2D eigenvalue weighted by Gasteiger charge is 2.03. The molecule has 0 aliphatic heterocycles. The van der Waals surface area contributed by atoms with E-state index < -0.39 is 10.8 Å². The van der Waals surface area contributed by atoms with E-state index in [9.17, 15) is 4.21 Å². The molecule has 4 nitrogen and oxygen atoms in total. The van der Waals surface area contributed by atoms with Crippen LogP contribution in [0.3, 0.4) is 0 Å². The van der Waals surface area contributed by atoms with Gasteiger partial charge in [-0.15, -0.1) is 0 Å². The van der Waals surface area contributed by atoms with Crippen LogP contribution in [-0.4, -0.2) is 42.8 Å². The van der Waals surface area contributed by atoms with E-state index in [0.29, 0.717) is 12.4 Å². The Morgan fingerprint density at radius 1 is 1.64 bits per heavy atom. The zero-order chi connectivity index (χ0) is 8.69. The Labute approximate surface area is 69.5 Å². The van der Waals surface area contributed by atoms with Gasteiger partial charge in [0.2, 0.25) is 0 Å². The van der Waals surface area contributed by atoms with Crippen LogP contribution >= 0.6 is 0 Å². The molecule has 2 atom stereocenters. The Kier molecular flexibility index (Phi) is 6.74. The third-order valence-electron chi connectivity index (χ3n) is 0.982. The largest absolute Gasteiger partial charge is 0.359 e. The van der Waals surface area contributed by atoms with Crippen molar-refractivity contribution in [1.29, 1.82) is 0 Å². The lowest BCUT2D eigenvalue weighted by Crippen LogP contribution is -2.32. The predicted octanol–water partition coefficient (Wildman–Crippen LogP) is -0.687. The van der Waals surface area contributed by atoms with Gasteiger partial charge in [-0.2, -0.15) is 0 Å². The summed E-state index contributed by atoms with van der Waals surface area (Å²) in [5.41, 5.74) is 5.54. The molecule has 5 heteroatoms. The van der Waals surface area contributed by atoms with Crippen molar-refractivity contribution in [2.45, 2.75) is 6.04 Å².